The molecule has 0 fully saturated rings. The lowest BCUT2D eigenvalue weighted by Gasteiger charge is -2.25. The van der Waals surface area contributed by atoms with Crippen LogP contribution in [-0.4, -0.2) is 32.4 Å². The summed E-state index contributed by atoms with van der Waals surface area (Å²) in [6.45, 7) is 6.92. The molecular formula is C16H24N2O2S. The smallest absolute Gasteiger partial charge is 0.218 e. The molecular weight excluding hydrogens is 284 g/mol. The second-order valence-electron chi connectivity index (χ2n) is 5.53. The first-order valence-corrected chi connectivity index (χ1v) is 9.04. The molecule has 0 unspecified atom stereocenters. The normalized spacial score (nSPS) is 16.8. The highest BCUT2D eigenvalue weighted by Crippen LogP contribution is 2.17. The van der Waals surface area contributed by atoms with Crippen LogP contribution >= 0.6 is 0 Å². The molecule has 0 aliphatic carbocycles. The molecule has 1 aromatic rings. The van der Waals surface area contributed by atoms with Crippen molar-refractivity contribution in [1.29, 1.82) is 0 Å². The van der Waals surface area contributed by atoms with Crippen LogP contribution in [0.2, 0.25) is 0 Å². The Kier molecular flexibility index (Phi) is 5.56. The van der Waals surface area contributed by atoms with Crippen LogP contribution in [0.15, 0.2) is 35.9 Å². The molecule has 0 radical (unpaired) electrons. The Morgan fingerprint density at radius 3 is 2.48 bits per heavy atom. The van der Waals surface area contributed by atoms with Gasteiger partial charge in [0.1, 0.15) is 0 Å². The van der Waals surface area contributed by atoms with Crippen molar-refractivity contribution in [3.63, 3.8) is 0 Å². The lowest BCUT2D eigenvalue weighted by molar-refractivity contribution is 0.427. The SMILES string of the molecule is CCNCc1ccc(CS(=O)(=O)N2CCC=C(C)C2)cc1. The van der Waals surface area contributed by atoms with Crippen LogP contribution in [0.5, 0.6) is 0 Å². The standard InChI is InChI=1S/C16H24N2O2S/c1-3-17-11-15-6-8-16(9-7-15)13-21(19,20)18-10-4-5-14(2)12-18/h5-9,17H,3-4,10-13H2,1-2H3. The average Bonchev–Trinajstić information content (AvgIpc) is 2.46. The number of rotatable bonds is 6. The third-order valence-corrected chi connectivity index (χ3v) is 5.44. The molecule has 21 heavy (non-hydrogen) atoms. The summed E-state index contributed by atoms with van der Waals surface area (Å²) in [7, 11) is -3.22. The van der Waals surface area contributed by atoms with Crippen molar-refractivity contribution >= 4 is 10.0 Å². The molecule has 0 aromatic heterocycles. The Bertz CT molecular complexity index is 591. The lowest BCUT2D eigenvalue weighted by Crippen LogP contribution is -2.36. The minimum Gasteiger partial charge on any atom is -0.313 e. The van der Waals surface area contributed by atoms with Crippen LogP contribution in [0.25, 0.3) is 0 Å². The quantitative estimate of drug-likeness (QED) is 0.820. The monoisotopic (exact) mass is 308 g/mol. The van der Waals surface area contributed by atoms with Crippen molar-refractivity contribution in [2.45, 2.75) is 32.6 Å². The van der Waals surface area contributed by atoms with Gasteiger partial charge in [-0.1, -0.05) is 42.8 Å². The Morgan fingerprint density at radius 1 is 1.19 bits per heavy atom. The molecule has 0 spiro atoms. The van der Waals surface area contributed by atoms with Crippen LogP contribution < -0.4 is 5.32 Å². The highest BCUT2D eigenvalue weighted by atomic mass is 32.2. The summed E-state index contributed by atoms with van der Waals surface area (Å²) in [4.78, 5) is 0. The summed E-state index contributed by atoms with van der Waals surface area (Å²) in [5.74, 6) is 0.0851. The Hall–Kier alpha value is -1.17. The van der Waals surface area contributed by atoms with E-state index in [1.807, 2.05) is 31.2 Å². The first kappa shape index (κ1) is 16.2. The van der Waals surface area contributed by atoms with Crippen LogP contribution in [0.1, 0.15) is 31.4 Å². The minimum atomic E-state index is -3.22. The Labute approximate surface area is 127 Å². The molecule has 116 valence electrons. The van der Waals surface area contributed by atoms with Gasteiger partial charge in [-0.05, 0) is 31.0 Å². The van der Waals surface area contributed by atoms with E-state index in [1.54, 1.807) is 4.31 Å². The molecule has 0 saturated carbocycles. The molecule has 4 nitrogen and oxygen atoms in total. The number of hydrogen-bond donors (Lipinski definition) is 1. The maximum absolute atomic E-state index is 12.4. The molecule has 1 aromatic carbocycles. The van der Waals surface area contributed by atoms with Gasteiger partial charge in [-0.15, -0.1) is 0 Å². The molecule has 0 saturated heterocycles. The average molecular weight is 308 g/mol. The highest BCUT2D eigenvalue weighted by Gasteiger charge is 2.24. The molecule has 0 amide bonds. The van der Waals surface area contributed by atoms with E-state index in [0.29, 0.717) is 13.1 Å². The fourth-order valence-corrected chi connectivity index (χ4v) is 4.02. The van der Waals surface area contributed by atoms with E-state index in [2.05, 4.69) is 18.3 Å². The van der Waals surface area contributed by atoms with Gasteiger partial charge in [0.05, 0.1) is 5.75 Å². The minimum absolute atomic E-state index is 0.0851. The van der Waals surface area contributed by atoms with Crippen molar-refractivity contribution in [2.24, 2.45) is 0 Å². The van der Waals surface area contributed by atoms with Crippen molar-refractivity contribution in [2.75, 3.05) is 19.6 Å². The summed E-state index contributed by atoms with van der Waals surface area (Å²) in [6, 6.07) is 7.82. The van der Waals surface area contributed by atoms with E-state index < -0.39 is 10.0 Å². The molecule has 0 bridgehead atoms. The molecule has 2 rings (SSSR count). The van der Waals surface area contributed by atoms with Gasteiger partial charge < -0.3 is 5.32 Å². The van der Waals surface area contributed by atoms with E-state index in [-0.39, 0.29) is 5.75 Å². The number of nitrogens with zero attached hydrogens (tertiary/aromatic N) is 1. The summed E-state index contributed by atoms with van der Waals surface area (Å²) >= 11 is 0. The van der Waals surface area contributed by atoms with E-state index in [1.165, 1.54) is 5.56 Å². The maximum atomic E-state index is 12.4. The largest absolute Gasteiger partial charge is 0.313 e. The van der Waals surface area contributed by atoms with Crippen molar-refractivity contribution in [3.05, 3.63) is 47.0 Å². The predicted molar refractivity (Wildman–Crippen MR) is 86.4 cm³/mol. The molecule has 0 atom stereocenters. The van der Waals surface area contributed by atoms with E-state index in [4.69, 9.17) is 0 Å². The number of sulfonamides is 1. The zero-order chi connectivity index (χ0) is 15.3. The van der Waals surface area contributed by atoms with Gasteiger partial charge in [-0.3, -0.25) is 0 Å². The summed E-state index contributed by atoms with van der Waals surface area (Å²) < 4.78 is 26.5. The van der Waals surface area contributed by atoms with Crippen LogP contribution in [0, 0.1) is 0 Å². The fourth-order valence-electron chi connectivity index (χ4n) is 2.44. The molecule has 1 heterocycles. The van der Waals surface area contributed by atoms with Crippen LogP contribution in [0.4, 0.5) is 0 Å². The molecule has 5 heteroatoms. The summed E-state index contributed by atoms with van der Waals surface area (Å²) in [6.07, 6.45) is 2.92. The van der Waals surface area contributed by atoms with E-state index in [0.717, 1.165) is 30.6 Å². The van der Waals surface area contributed by atoms with Gasteiger partial charge in [0.2, 0.25) is 10.0 Å². The first-order chi connectivity index (χ1) is 10.0. The van der Waals surface area contributed by atoms with Crippen LogP contribution in [0.3, 0.4) is 0 Å². The van der Waals surface area contributed by atoms with Gasteiger partial charge in [0.15, 0.2) is 0 Å². The lowest BCUT2D eigenvalue weighted by atomic mass is 10.1. The van der Waals surface area contributed by atoms with Crippen molar-refractivity contribution in [1.82, 2.24) is 9.62 Å². The fraction of sp³-hybridized carbons (Fsp3) is 0.500. The molecule has 1 aliphatic rings. The number of nitrogens with one attached hydrogen (secondary N) is 1. The van der Waals surface area contributed by atoms with E-state index in [9.17, 15) is 8.42 Å². The second kappa shape index (κ2) is 7.20. The zero-order valence-electron chi connectivity index (χ0n) is 12.8. The number of hydrogen-bond acceptors (Lipinski definition) is 3. The van der Waals surface area contributed by atoms with Gasteiger partial charge in [-0.2, -0.15) is 4.31 Å². The third kappa shape index (κ3) is 4.66. The van der Waals surface area contributed by atoms with Gasteiger partial charge in [-0.25, -0.2) is 8.42 Å². The second-order valence-corrected chi connectivity index (χ2v) is 7.49. The summed E-state index contributed by atoms with van der Waals surface area (Å²) in [5, 5.41) is 3.26. The van der Waals surface area contributed by atoms with Gasteiger partial charge in [0, 0.05) is 19.6 Å². The zero-order valence-corrected chi connectivity index (χ0v) is 13.6. The third-order valence-electron chi connectivity index (χ3n) is 3.64. The highest BCUT2D eigenvalue weighted by molar-refractivity contribution is 7.88. The van der Waals surface area contributed by atoms with Gasteiger partial charge in [0.25, 0.3) is 0 Å². The van der Waals surface area contributed by atoms with Gasteiger partial charge >= 0.3 is 0 Å². The Balaban J connectivity index is 2.01. The first-order valence-electron chi connectivity index (χ1n) is 7.43. The maximum Gasteiger partial charge on any atom is 0.218 e. The van der Waals surface area contributed by atoms with Crippen LogP contribution in [-0.2, 0) is 22.3 Å². The number of benzene rings is 1. The predicted octanol–water partition coefficient (Wildman–Crippen LogP) is 2.28. The van der Waals surface area contributed by atoms with Crippen molar-refractivity contribution < 1.29 is 8.42 Å². The van der Waals surface area contributed by atoms with E-state index >= 15 is 0 Å². The van der Waals surface area contributed by atoms with Crippen molar-refractivity contribution in [3.8, 4) is 0 Å². The Morgan fingerprint density at radius 2 is 1.86 bits per heavy atom. The molecule has 1 aliphatic heterocycles. The molecule has 1 N–H and O–H groups in total. The topological polar surface area (TPSA) is 49.4 Å². The summed E-state index contributed by atoms with van der Waals surface area (Å²) in [5.41, 5.74) is 3.16.